The second-order valence-corrected chi connectivity index (χ2v) is 4.74. The zero-order chi connectivity index (χ0) is 13.8. The van der Waals surface area contributed by atoms with Crippen LogP contribution >= 0.6 is 11.8 Å². The van der Waals surface area contributed by atoms with E-state index in [1.807, 2.05) is 30.5 Å². The topological polar surface area (TPSA) is 46.5 Å². The Bertz CT molecular complexity index is 608. The van der Waals surface area contributed by atoms with Crippen molar-refractivity contribution in [1.82, 2.24) is 0 Å². The lowest BCUT2D eigenvalue weighted by Crippen LogP contribution is -1.93. The van der Waals surface area contributed by atoms with Crippen LogP contribution in [0.15, 0.2) is 41.3 Å². The van der Waals surface area contributed by atoms with E-state index in [0.717, 1.165) is 10.5 Å². The van der Waals surface area contributed by atoms with Crippen LogP contribution in [0, 0.1) is 0 Å². The van der Waals surface area contributed by atoms with Gasteiger partial charge in [0.05, 0.1) is 12.7 Å². The molecule has 98 valence electrons. The van der Waals surface area contributed by atoms with E-state index >= 15 is 0 Å². The molecule has 0 radical (unpaired) electrons. The second kappa shape index (κ2) is 5.80. The minimum absolute atomic E-state index is 0.120. The fraction of sp³-hybridized carbons (Fsp3) is 0.133. The predicted molar refractivity (Wildman–Crippen MR) is 77.3 cm³/mol. The van der Waals surface area contributed by atoms with Crippen molar-refractivity contribution in [2.75, 3.05) is 13.4 Å². The molecule has 0 saturated carbocycles. The van der Waals surface area contributed by atoms with E-state index in [2.05, 4.69) is 0 Å². The van der Waals surface area contributed by atoms with E-state index in [4.69, 9.17) is 4.74 Å². The monoisotopic (exact) mass is 274 g/mol. The summed E-state index contributed by atoms with van der Waals surface area (Å²) in [6, 6.07) is 11.2. The molecule has 0 heterocycles. The molecule has 4 heteroatoms. The van der Waals surface area contributed by atoms with E-state index in [-0.39, 0.29) is 11.3 Å². The largest absolute Gasteiger partial charge is 0.504 e. The highest BCUT2D eigenvalue weighted by molar-refractivity contribution is 7.98. The molecule has 0 aromatic heterocycles. The van der Waals surface area contributed by atoms with Gasteiger partial charge in [0.15, 0.2) is 17.8 Å². The van der Waals surface area contributed by atoms with Gasteiger partial charge in [-0.3, -0.25) is 4.79 Å². The highest BCUT2D eigenvalue weighted by Crippen LogP contribution is 2.39. The van der Waals surface area contributed by atoms with Crippen LogP contribution in [0.5, 0.6) is 11.5 Å². The van der Waals surface area contributed by atoms with Crippen LogP contribution in [0.4, 0.5) is 0 Å². The third kappa shape index (κ3) is 2.44. The number of phenols is 1. The first-order chi connectivity index (χ1) is 9.22. The molecule has 1 N–H and O–H groups in total. The molecule has 2 rings (SSSR count). The Morgan fingerprint density at radius 2 is 1.89 bits per heavy atom. The smallest absolute Gasteiger partial charge is 0.169 e. The van der Waals surface area contributed by atoms with Gasteiger partial charge in [0.1, 0.15) is 0 Å². The Labute approximate surface area is 116 Å². The summed E-state index contributed by atoms with van der Waals surface area (Å²) >= 11 is 1.60. The van der Waals surface area contributed by atoms with E-state index in [0.29, 0.717) is 17.6 Å². The summed E-state index contributed by atoms with van der Waals surface area (Å²) in [7, 11) is 1.46. The van der Waals surface area contributed by atoms with Gasteiger partial charge < -0.3 is 9.84 Å². The molecule has 2 aromatic rings. The van der Waals surface area contributed by atoms with Gasteiger partial charge >= 0.3 is 0 Å². The highest BCUT2D eigenvalue weighted by atomic mass is 32.2. The molecule has 0 aliphatic carbocycles. The van der Waals surface area contributed by atoms with Crippen molar-refractivity contribution in [1.29, 1.82) is 0 Å². The number of ether oxygens (including phenoxy) is 1. The maximum absolute atomic E-state index is 11.3. The van der Waals surface area contributed by atoms with Crippen LogP contribution < -0.4 is 4.74 Å². The maximum Gasteiger partial charge on any atom is 0.169 e. The first kappa shape index (κ1) is 13.5. The third-order valence-corrected chi connectivity index (χ3v) is 3.71. The number of phenolic OH excluding ortho intramolecular Hbond substituents is 1. The van der Waals surface area contributed by atoms with Crippen LogP contribution in [-0.2, 0) is 0 Å². The van der Waals surface area contributed by atoms with Gasteiger partial charge in [-0.15, -0.1) is 11.8 Å². The molecule has 0 aliphatic rings. The summed E-state index contributed by atoms with van der Waals surface area (Å²) in [4.78, 5) is 12.3. The Morgan fingerprint density at radius 1 is 1.16 bits per heavy atom. The number of carbonyl (C=O) groups is 1. The fourth-order valence-corrected chi connectivity index (χ4v) is 2.59. The van der Waals surface area contributed by atoms with Crippen molar-refractivity contribution in [3.8, 4) is 22.6 Å². The van der Waals surface area contributed by atoms with Gasteiger partial charge in [0.25, 0.3) is 0 Å². The second-order valence-electron chi connectivity index (χ2n) is 3.90. The van der Waals surface area contributed by atoms with Crippen molar-refractivity contribution < 1.29 is 14.6 Å². The molecule has 0 aliphatic heterocycles. The number of aldehydes is 1. The molecule has 3 nitrogen and oxygen atoms in total. The van der Waals surface area contributed by atoms with Crippen LogP contribution in [0.1, 0.15) is 10.4 Å². The Hall–Kier alpha value is -1.94. The lowest BCUT2D eigenvalue weighted by Gasteiger charge is -2.12. The van der Waals surface area contributed by atoms with Crippen molar-refractivity contribution in [3.63, 3.8) is 0 Å². The first-order valence-corrected chi connectivity index (χ1v) is 6.94. The predicted octanol–water partition coefficient (Wildman–Crippen LogP) is 3.60. The molecule has 0 spiro atoms. The van der Waals surface area contributed by atoms with Gasteiger partial charge in [-0.1, -0.05) is 18.2 Å². The van der Waals surface area contributed by atoms with E-state index in [1.165, 1.54) is 7.11 Å². The quantitative estimate of drug-likeness (QED) is 0.683. The SMILES string of the molecule is COc1ccc(-c2ccccc2SC)c(C=O)c1O. The van der Waals surface area contributed by atoms with Crippen LogP contribution in [0.3, 0.4) is 0 Å². The Morgan fingerprint density at radius 3 is 2.53 bits per heavy atom. The van der Waals surface area contributed by atoms with Gasteiger partial charge in [0, 0.05) is 4.90 Å². The average Bonchev–Trinajstić information content (AvgIpc) is 2.46. The van der Waals surface area contributed by atoms with Crippen molar-refractivity contribution in [2.45, 2.75) is 4.90 Å². The van der Waals surface area contributed by atoms with Gasteiger partial charge in [-0.2, -0.15) is 0 Å². The molecule has 0 saturated heterocycles. The summed E-state index contributed by atoms with van der Waals surface area (Å²) in [6.07, 6.45) is 2.63. The molecule has 0 amide bonds. The molecule has 0 unspecified atom stereocenters. The van der Waals surface area contributed by atoms with Gasteiger partial charge in [-0.25, -0.2) is 0 Å². The van der Waals surface area contributed by atoms with Crippen molar-refractivity contribution in [3.05, 3.63) is 42.0 Å². The molecule has 2 aromatic carbocycles. The highest BCUT2D eigenvalue weighted by Gasteiger charge is 2.15. The number of hydrogen-bond donors (Lipinski definition) is 1. The van der Waals surface area contributed by atoms with Gasteiger partial charge in [-0.05, 0) is 35.6 Å². The summed E-state index contributed by atoms with van der Waals surface area (Å²) in [5, 5.41) is 10.0. The number of carbonyl (C=O) groups excluding carboxylic acids is 1. The number of methoxy groups -OCH3 is 1. The zero-order valence-electron chi connectivity index (χ0n) is 10.7. The maximum atomic E-state index is 11.3. The standard InChI is InChI=1S/C15H14O3S/c1-18-13-8-7-10(12(9-16)15(13)17)11-5-3-4-6-14(11)19-2/h3-9,17H,1-2H3. The molecule has 0 atom stereocenters. The summed E-state index contributed by atoms with van der Waals surface area (Å²) < 4.78 is 5.02. The van der Waals surface area contributed by atoms with Crippen LogP contribution in [-0.4, -0.2) is 24.8 Å². The first-order valence-electron chi connectivity index (χ1n) is 5.71. The number of rotatable bonds is 4. The van der Waals surface area contributed by atoms with Crippen LogP contribution in [0.2, 0.25) is 0 Å². The molecular weight excluding hydrogens is 260 g/mol. The van der Waals surface area contributed by atoms with Crippen LogP contribution in [0.25, 0.3) is 11.1 Å². The lowest BCUT2D eigenvalue weighted by molar-refractivity contribution is 0.112. The number of hydrogen-bond acceptors (Lipinski definition) is 4. The number of aromatic hydroxyl groups is 1. The van der Waals surface area contributed by atoms with Crippen molar-refractivity contribution in [2.24, 2.45) is 0 Å². The Kier molecular flexibility index (Phi) is 4.12. The minimum atomic E-state index is -0.120. The van der Waals surface area contributed by atoms with E-state index in [1.54, 1.807) is 23.9 Å². The molecule has 0 fully saturated rings. The Balaban J connectivity index is 2.69. The van der Waals surface area contributed by atoms with Crippen molar-refractivity contribution >= 4 is 18.0 Å². The zero-order valence-corrected chi connectivity index (χ0v) is 11.5. The molecule has 0 bridgehead atoms. The summed E-state index contributed by atoms with van der Waals surface area (Å²) in [5.74, 6) is 0.179. The normalized spacial score (nSPS) is 10.2. The number of benzene rings is 2. The lowest BCUT2D eigenvalue weighted by atomic mass is 9.99. The summed E-state index contributed by atoms with van der Waals surface area (Å²) in [5.41, 5.74) is 1.88. The van der Waals surface area contributed by atoms with Gasteiger partial charge in [0.2, 0.25) is 0 Å². The molecular formula is C15H14O3S. The fourth-order valence-electron chi connectivity index (χ4n) is 1.97. The summed E-state index contributed by atoms with van der Waals surface area (Å²) in [6.45, 7) is 0. The van der Waals surface area contributed by atoms with E-state index < -0.39 is 0 Å². The third-order valence-electron chi connectivity index (χ3n) is 2.91. The minimum Gasteiger partial charge on any atom is -0.504 e. The van der Waals surface area contributed by atoms with E-state index in [9.17, 15) is 9.90 Å². The average molecular weight is 274 g/mol. The molecule has 19 heavy (non-hydrogen) atoms. The number of thioether (sulfide) groups is 1.